The second-order valence-electron chi connectivity index (χ2n) is 3.92. The number of hydrogen-bond donors (Lipinski definition) is 1. The average Bonchev–Trinajstić information content (AvgIpc) is 2.74. The fraction of sp³-hybridized carbons (Fsp3) is 0.231. The zero-order valence-corrected chi connectivity index (χ0v) is 9.87. The highest BCUT2D eigenvalue weighted by Crippen LogP contribution is 2.26. The van der Waals surface area contributed by atoms with Crippen molar-refractivity contribution in [2.45, 2.75) is 19.4 Å². The first-order valence-electron chi connectivity index (χ1n) is 5.20. The molecule has 0 saturated heterocycles. The highest BCUT2D eigenvalue weighted by Gasteiger charge is 2.12. The predicted molar refractivity (Wildman–Crippen MR) is 65.5 cm³/mol. The molecule has 0 saturated carbocycles. The summed E-state index contributed by atoms with van der Waals surface area (Å²) in [6.45, 7) is 1.98. The lowest BCUT2D eigenvalue weighted by Crippen LogP contribution is -2.13. The van der Waals surface area contributed by atoms with E-state index in [-0.39, 0.29) is 6.04 Å². The van der Waals surface area contributed by atoms with Crippen LogP contribution in [0.25, 0.3) is 0 Å². The molecule has 0 aliphatic heterocycles. The Morgan fingerprint density at radius 2 is 2.19 bits per heavy atom. The van der Waals surface area contributed by atoms with Gasteiger partial charge in [0, 0.05) is 11.1 Å². The third-order valence-corrected chi connectivity index (χ3v) is 3.17. The lowest BCUT2D eigenvalue weighted by molar-refractivity contribution is 0.561. The number of halogens is 1. The number of benzene rings is 1. The van der Waals surface area contributed by atoms with E-state index in [1.54, 1.807) is 12.5 Å². The van der Waals surface area contributed by atoms with Crippen LogP contribution in [0.5, 0.6) is 0 Å². The zero-order chi connectivity index (χ0) is 11.5. The molecule has 2 aromatic rings. The maximum absolute atomic E-state index is 6.22. The molecular formula is C13H14ClNO. The minimum Gasteiger partial charge on any atom is -0.472 e. The molecule has 0 radical (unpaired) electrons. The van der Waals surface area contributed by atoms with Gasteiger partial charge in [0.05, 0.1) is 12.5 Å². The van der Waals surface area contributed by atoms with E-state index in [0.29, 0.717) is 0 Å². The van der Waals surface area contributed by atoms with Crippen LogP contribution in [0.3, 0.4) is 0 Å². The summed E-state index contributed by atoms with van der Waals surface area (Å²) in [5, 5.41) is 0.762. The number of rotatable bonds is 3. The van der Waals surface area contributed by atoms with Gasteiger partial charge < -0.3 is 10.2 Å². The lowest BCUT2D eigenvalue weighted by atomic mass is 10.00. The maximum Gasteiger partial charge on any atom is 0.0935 e. The molecule has 1 unspecified atom stereocenters. The minimum atomic E-state index is -0.0926. The normalized spacial score (nSPS) is 12.7. The Morgan fingerprint density at radius 3 is 2.88 bits per heavy atom. The quantitative estimate of drug-likeness (QED) is 0.885. The van der Waals surface area contributed by atoms with Crippen LogP contribution in [-0.4, -0.2) is 0 Å². The Morgan fingerprint density at radius 1 is 1.38 bits per heavy atom. The first-order valence-corrected chi connectivity index (χ1v) is 5.58. The minimum absolute atomic E-state index is 0.0926. The van der Waals surface area contributed by atoms with Gasteiger partial charge in [-0.1, -0.05) is 29.8 Å². The fourth-order valence-corrected chi connectivity index (χ4v) is 2.00. The van der Waals surface area contributed by atoms with Crippen LogP contribution < -0.4 is 5.73 Å². The van der Waals surface area contributed by atoms with Crippen molar-refractivity contribution in [3.05, 3.63) is 58.5 Å². The molecule has 0 bridgehead atoms. The molecule has 2 nitrogen and oxygen atoms in total. The van der Waals surface area contributed by atoms with Crippen LogP contribution >= 0.6 is 11.6 Å². The average molecular weight is 236 g/mol. The molecule has 0 fully saturated rings. The molecule has 0 aliphatic carbocycles. The highest BCUT2D eigenvalue weighted by atomic mass is 35.5. The molecule has 2 N–H and O–H groups in total. The summed E-state index contributed by atoms with van der Waals surface area (Å²) < 4.78 is 5.02. The Labute approximate surface area is 100 Å². The number of aryl methyl sites for hydroxylation is 1. The number of furan rings is 1. The summed E-state index contributed by atoms with van der Waals surface area (Å²) in [5.74, 6) is 0. The van der Waals surface area contributed by atoms with E-state index < -0.39 is 0 Å². The summed E-state index contributed by atoms with van der Waals surface area (Å²) in [6.07, 6.45) is 4.10. The van der Waals surface area contributed by atoms with Crippen molar-refractivity contribution in [2.24, 2.45) is 5.73 Å². The van der Waals surface area contributed by atoms with Gasteiger partial charge in [-0.05, 0) is 36.1 Å². The summed E-state index contributed by atoms with van der Waals surface area (Å²) in [7, 11) is 0. The van der Waals surface area contributed by atoms with E-state index >= 15 is 0 Å². The van der Waals surface area contributed by atoms with Crippen LogP contribution in [-0.2, 0) is 6.42 Å². The Hall–Kier alpha value is -1.25. The van der Waals surface area contributed by atoms with Gasteiger partial charge in [-0.15, -0.1) is 0 Å². The van der Waals surface area contributed by atoms with Crippen molar-refractivity contribution in [3.8, 4) is 0 Å². The largest absolute Gasteiger partial charge is 0.472 e. The van der Waals surface area contributed by atoms with E-state index in [9.17, 15) is 0 Å². The summed E-state index contributed by atoms with van der Waals surface area (Å²) in [5.41, 5.74) is 9.26. The van der Waals surface area contributed by atoms with Crippen molar-refractivity contribution in [3.63, 3.8) is 0 Å². The van der Waals surface area contributed by atoms with E-state index in [2.05, 4.69) is 0 Å². The summed E-state index contributed by atoms with van der Waals surface area (Å²) >= 11 is 6.22. The molecule has 1 atom stereocenters. The van der Waals surface area contributed by atoms with Gasteiger partial charge >= 0.3 is 0 Å². The van der Waals surface area contributed by atoms with Gasteiger partial charge in [0.1, 0.15) is 0 Å². The van der Waals surface area contributed by atoms with Gasteiger partial charge in [-0.3, -0.25) is 0 Å². The Bertz CT molecular complexity index is 465. The third-order valence-electron chi connectivity index (χ3n) is 2.66. The third kappa shape index (κ3) is 2.29. The molecule has 0 spiro atoms. The second-order valence-corrected chi connectivity index (χ2v) is 4.30. The van der Waals surface area contributed by atoms with Gasteiger partial charge in [0.15, 0.2) is 0 Å². The second kappa shape index (κ2) is 4.73. The monoisotopic (exact) mass is 235 g/mol. The summed E-state index contributed by atoms with van der Waals surface area (Å²) in [6, 6.07) is 7.76. The van der Waals surface area contributed by atoms with Crippen LogP contribution in [0.4, 0.5) is 0 Å². The molecule has 1 aromatic heterocycles. The molecule has 0 amide bonds. The van der Waals surface area contributed by atoms with Crippen LogP contribution in [0.15, 0.2) is 41.2 Å². The van der Waals surface area contributed by atoms with Gasteiger partial charge in [0.2, 0.25) is 0 Å². The Balaban J connectivity index is 2.21. The highest BCUT2D eigenvalue weighted by molar-refractivity contribution is 6.32. The first-order chi connectivity index (χ1) is 7.68. The van der Waals surface area contributed by atoms with E-state index in [1.807, 2.05) is 31.2 Å². The van der Waals surface area contributed by atoms with Crippen LogP contribution in [0.2, 0.25) is 5.02 Å². The SMILES string of the molecule is Cc1cccc(C(N)Cc2ccoc2)c1Cl. The van der Waals surface area contributed by atoms with Crippen LogP contribution in [0, 0.1) is 6.92 Å². The Kier molecular flexibility index (Phi) is 3.32. The van der Waals surface area contributed by atoms with E-state index in [0.717, 1.165) is 28.1 Å². The van der Waals surface area contributed by atoms with Crippen molar-refractivity contribution in [1.29, 1.82) is 0 Å². The molecule has 16 heavy (non-hydrogen) atoms. The van der Waals surface area contributed by atoms with Gasteiger partial charge in [-0.2, -0.15) is 0 Å². The molecule has 3 heteroatoms. The summed E-state index contributed by atoms with van der Waals surface area (Å²) in [4.78, 5) is 0. The molecule has 1 heterocycles. The van der Waals surface area contributed by atoms with E-state index in [4.69, 9.17) is 21.8 Å². The predicted octanol–water partition coefficient (Wildman–Crippen LogP) is 3.48. The smallest absolute Gasteiger partial charge is 0.0935 e. The lowest BCUT2D eigenvalue weighted by Gasteiger charge is -2.14. The van der Waals surface area contributed by atoms with Gasteiger partial charge in [-0.25, -0.2) is 0 Å². The molecular weight excluding hydrogens is 222 g/mol. The van der Waals surface area contributed by atoms with Crippen molar-refractivity contribution in [1.82, 2.24) is 0 Å². The van der Waals surface area contributed by atoms with Crippen molar-refractivity contribution in [2.75, 3.05) is 0 Å². The standard InChI is InChI=1S/C13H14ClNO/c1-9-3-2-4-11(13(9)14)12(15)7-10-5-6-16-8-10/h2-6,8,12H,7,15H2,1H3. The molecule has 0 aliphatic rings. The fourth-order valence-electron chi connectivity index (χ4n) is 1.73. The first kappa shape index (κ1) is 11.2. The molecule has 84 valence electrons. The molecule has 1 aromatic carbocycles. The van der Waals surface area contributed by atoms with Crippen LogP contribution in [0.1, 0.15) is 22.7 Å². The van der Waals surface area contributed by atoms with Gasteiger partial charge in [0.25, 0.3) is 0 Å². The maximum atomic E-state index is 6.22. The topological polar surface area (TPSA) is 39.2 Å². The van der Waals surface area contributed by atoms with Crippen molar-refractivity contribution >= 4 is 11.6 Å². The number of nitrogens with two attached hydrogens (primary N) is 1. The number of hydrogen-bond acceptors (Lipinski definition) is 2. The van der Waals surface area contributed by atoms with E-state index in [1.165, 1.54) is 0 Å². The zero-order valence-electron chi connectivity index (χ0n) is 9.11. The van der Waals surface area contributed by atoms with Crippen molar-refractivity contribution < 1.29 is 4.42 Å². The molecule has 2 rings (SSSR count).